The molecule has 0 amide bonds. The zero-order chi connectivity index (χ0) is 13.2. The van der Waals surface area contributed by atoms with Crippen LogP contribution in [-0.4, -0.2) is 34.2 Å². The molecule has 0 saturated carbocycles. The van der Waals surface area contributed by atoms with Gasteiger partial charge in [0.15, 0.2) is 5.76 Å². The van der Waals surface area contributed by atoms with E-state index in [0.29, 0.717) is 30.0 Å². The Balaban J connectivity index is 1.67. The SMILES string of the molecule is CC1CC(N)CN(Cc2nnc(-c3ccco3)o2)C1. The van der Waals surface area contributed by atoms with E-state index in [1.54, 1.807) is 18.4 Å². The van der Waals surface area contributed by atoms with Crippen molar-refractivity contribution in [3.8, 4) is 11.7 Å². The van der Waals surface area contributed by atoms with Gasteiger partial charge < -0.3 is 14.6 Å². The number of nitrogens with two attached hydrogens (primary N) is 1. The van der Waals surface area contributed by atoms with Crippen LogP contribution in [0.3, 0.4) is 0 Å². The molecule has 2 atom stereocenters. The zero-order valence-electron chi connectivity index (χ0n) is 11.0. The van der Waals surface area contributed by atoms with Crippen molar-refractivity contribution in [1.29, 1.82) is 0 Å². The van der Waals surface area contributed by atoms with Crippen LogP contribution in [0, 0.1) is 5.92 Å². The highest BCUT2D eigenvalue weighted by molar-refractivity contribution is 5.42. The van der Waals surface area contributed by atoms with E-state index in [1.807, 2.05) is 0 Å². The Morgan fingerprint density at radius 1 is 1.42 bits per heavy atom. The lowest BCUT2D eigenvalue weighted by Gasteiger charge is -2.33. The normalized spacial score (nSPS) is 24.7. The summed E-state index contributed by atoms with van der Waals surface area (Å²) < 4.78 is 10.8. The largest absolute Gasteiger partial charge is 0.459 e. The van der Waals surface area contributed by atoms with Gasteiger partial charge in [-0.1, -0.05) is 6.92 Å². The van der Waals surface area contributed by atoms with E-state index < -0.39 is 0 Å². The van der Waals surface area contributed by atoms with Crippen LogP contribution in [-0.2, 0) is 6.54 Å². The smallest absolute Gasteiger partial charge is 0.283 e. The summed E-state index contributed by atoms with van der Waals surface area (Å²) in [6.07, 6.45) is 2.67. The minimum absolute atomic E-state index is 0.233. The lowest BCUT2D eigenvalue weighted by atomic mass is 9.97. The van der Waals surface area contributed by atoms with Gasteiger partial charge in [0, 0.05) is 19.1 Å². The predicted molar refractivity (Wildman–Crippen MR) is 69.0 cm³/mol. The second kappa shape index (κ2) is 5.14. The molecular weight excluding hydrogens is 244 g/mol. The summed E-state index contributed by atoms with van der Waals surface area (Å²) in [5.74, 6) is 2.24. The summed E-state index contributed by atoms with van der Waals surface area (Å²) in [4.78, 5) is 2.26. The highest BCUT2D eigenvalue weighted by atomic mass is 16.4. The lowest BCUT2D eigenvalue weighted by Crippen LogP contribution is -2.45. The van der Waals surface area contributed by atoms with Crippen LogP contribution < -0.4 is 5.73 Å². The summed E-state index contributed by atoms with van der Waals surface area (Å²) >= 11 is 0. The molecule has 3 rings (SSSR count). The van der Waals surface area contributed by atoms with Crippen LogP contribution in [0.1, 0.15) is 19.2 Å². The second-order valence-corrected chi connectivity index (χ2v) is 5.27. The Labute approximate surface area is 111 Å². The molecule has 0 aliphatic carbocycles. The maximum absolute atomic E-state index is 6.03. The van der Waals surface area contributed by atoms with Crippen molar-refractivity contribution in [3.63, 3.8) is 0 Å². The number of hydrogen-bond acceptors (Lipinski definition) is 6. The van der Waals surface area contributed by atoms with Gasteiger partial charge in [-0.2, -0.15) is 0 Å². The third-order valence-electron chi connectivity index (χ3n) is 3.33. The summed E-state index contributed by atoms with van der Waals surface area (Å²) in [7, 11) is 0. The Hall–Kier alpha value is -1.66. The van der Waals surface area contributed by atoms with Crippen molar-refractivity contribution in [3.05, 3.63) is 24.3 Å². The first-order valence-electron chi connectivity index (χ1n) is 6.55. The van der Waals surface area contributed by atoms with Gasteiger partial charge in [0.1, 0.15) is 0 Å². The Morgan fingerprint density at radius 2 is 2.32 bits per heavy atom. The van der Waals surface area contributed by atoms with Crippen LogP contribution in [0.5, 0.6) is 0 Å². The molecule has 0 aromatic carbocycles. The molecular formula is C13H18N4O2. The summed E-state index contributed by atoms with van der Waals surface area (Å²) in [6.45, 7) is 4.76. The molecule has 0 spiro atoms. The van der Waals surface area contributed by atoms with Crippen molar-refractivity contribution >= 4 is 0 Å². The van der Waals surface area contributed by atoms with E-state index >= 15 is 0 Å². The first-order valence-corrected chi connectivity index (χ1v) is 6.55. The number of hydrogen-bond donors (Lipinski definition) is 1. The molecule has 2 unspecified atom stereocenters. The molecule has 6 heteroatoms. The first-order chi connectivity index (χ1) is 9.20. The third kappa shape index (κ3) is 2.85. The molecule has 2 aromatic heterocycles. The summed E-state index contributed by atoms with van der Waals surface area (Å²) in [6, 6.07) is 3.83. The second-order valence-electron chi connectivity index (χ2n) is 5.27. The van der Waals surface area contributed by atoms with Gasteiger partial charge in [0.2, 0.25) is 5.89 Å². The topological polar surface area (TPSA) is 81.3 Å². The minimum Gasteiger partial charge on any atom is -0.459 e. The molecule has 1 saturated heterocycles. The Bertz CT molecular complexity index is 512. The van der Waals surface area contributed by atoms with Gasteiger partial charge in [-0.15, -0.1) is 10.2 Å². The monoisotopic (exact) mass is 262 g/mol. The fourth-order valence-corrected chi connectivity index (χ4v) is 2.65. The molecule has 2 N–H and O–H groups in total. The van der Waals surface area contributed by atoms with E-state index in [0.717, 1.165) is 19.5 Å². The Kier molecular flexibility index (Phi) is 3.35. The molecule has 6 nitrogen and oxygen atoms in total. The van der Waals surface area contributed by atoms with Gasteiger partial charge in [-0.3, -0.25) is 4.90 Å². The van der Waals surface area contributed by atoms with Crippen LogP contribution in [0.25, 0.3) is 11.7 Å². The van der Waals surface area contributed by atoms with Gasteiger partial charge in [-0.25, -0.2) is 0 Å². The first kappa shape index (κ1) is 12.4. The highest BCUT2D eigenvalue weighted by Gasteiger charge is 2.23. The minimum atomic E-state index is 0.233. The van der Waals surface area contributed by atoms with Crippen molar-refractivity contribution in [2.45, 2.75) is 25.9 Å². The van der Waals surface area contributed by atoms with Crippen molar-refractivity contribution in [2.75, 3.05) is 13.1 Å². The highest BCUT2D eigenvalue weighted by Crippen LogP contribution is 2.20. The van der Waals surface area contributed by atoms with Crippen LogP contribution in [0.4, 0.5) is 0 Å². The molecule has 1 aliphatic rings. The average molecular weight is 262 g/mol. The quantitative estimate of drug-likeness (QED) is 0.902. The van der Waals surface area contributed by atoms with Crippen LogP contribution >= 0.6 is 0 Å². The van der Waals surface area contributed by atoms with Crippen LogP contribution in [0.15, 0.2) is 27.2 Å². The average Bonchev–Trinajstić information content (AvgIpc) is 2.96. The summed E-state index contributed by atoms with van der Waals surface area (Å²) in [5.41, 5.74) is 6.03. The standard InChI is InChI=1S/C13H18N4O2/c1-9-5-10(14)7-17(6-9)8-12-15-16-13(19-12)11-3-2-4-18-11/h2-4,9-10H,5-8,14H2,1H3. The van der Waals surface area contributed by atoms with Crippen molar-refractivity contribution in [1.82, 2.24) is 15.1 Å². The van der Waals surface area contributed by atoms with Gasteiger partial charge in [-0.05, 0) is 24.5 Å². The van der Waals surface area contributed by atoms with Crippen molar-refractivity contribution in [2.24, 2.45) is 11.7 Å². The molecule has 3 heterocycles. The van der Waals surface area contributed by atoms with E-state index in [9.17, 15) is 0 Å². The molecule has 102 valence electrons. The number of nitrogens with zero attached hydrogens (tertiary/aromatic N) is 3. The Morgan fingerprint density at radius 3 is 3.05 bits per heavy atom. The van der Waals surface area contributed by atoms with Gasteiger partial charge in [0.25, 0.3) is 5.89 Å². The van der Waals surface area contributed by atoms with E-state index in [2.05, 4.69) is 22.0 Å². The zero-order valence-corrected chi connectivity index (χ0v) is 11.0. The molecule has 2 aromatic rings. The maximum atomic E-state index is 6.03. The molecule has 1 fully saturated rings. The lowest BCUT2D eigenvalue weighted by molar-refractivity contribution is 0.146. The molecule has 1 aliphatic heterocycles. The van der Waals surface area contributed by atoms with E-state index in [1.165, 1.54) is 0 Å². The number of piperidine rings is 1. The number of furan rings is 1. The predicted octanol–water partition coefficient (Wildman–Crippen LogP) is 1.50. The molecule has 19 heavy (non-hydrogen) atoms. The van der Waals surface area contributed by atoms with Gasteiger partial charge >= 0.3 is 0 Å². The van der Waals surface area contributed by atoms with E-state index in [-0.39, 0.29) is 6.04 Å². The number of rotatable bonds is 3. The summed E-state index contributed by atoms with van der Waals surface area (Å²) in [5, 5.41) is 8.05. The fraction of sp³-hybridized carbons (Fsp3) is 0.538. The van der Waals surface area contributed by atoms with Crippen molar-refractivity contribution < 1.29 is 8.83 Å². The molecule has 0 radical (unpaired) electrons. The van der Waals surface area contributed by atoms with Gasteiger partial charge in [0.05, 0.1) is 12.8 Å². The maximum Gasteiger partial charge on any atom is 0.283 e. The fourth-order valence-electron chi connectivity index (χ4n) is 2.65. The van der Waals surface area contributed by atoms with Crippen LogP contribution in [0.2, 0.25) is 0 Å². The molecule has 0 bridgehead atoms. The number of aromatic nitrogens is 2. The third-order valence-corrected chi connectivity index (χ3v) is 3.33. The number of likely N-dealkylation sites (tertiary alicyclic amines) is 1. The van der Waals surface area contributed by atoms with E-state index in [4.69, 9.17) is 14.6 Å².